The largest absolute Gasteiger partial charge is 0.394 e. The van der Waals surface area contributed by atoms with E-state index < -0.39 is 0 Å². The summed E-state index contributed by atoms with van der Waals surface area (Å²) in [4.78, 5) is 7.94. The molecule has 0 aliphatic carbocycles. The van der Waals surface area contributed by atoms with Crippen LogP contribution in [0.5, 0.6) is 0 Å². The Balaban J connectivity index is 2.44. The van der Waals surface area contributed by atoms with Crippen molar-refractivity contribution >= 4 is 63.6 Å². The lowest BCUT2D eigenvalue weighted by molar-refractivity contribution is 1.11. The molecule has 3 N–H and O–H groups in total. The molecule has 1 heterocycles. The topological polar surface area (TPSA) is 63.8 Å². The molecule has 1 aromatic heterocycles. The van der Waals surface area contributed by atoms with Gasteiger partial charge in [-0.3, -0.25) is 0 Å². The lowest BCUT2D eigenvalue weighted by Gasteiger charge is -2.12. The van der Waals surface area contributed by atoms with Gasteiger partial charge in [-0.1, -0.05) is 34.8 Å². The minimum absolute atomic E-state index is 0.0883. The normalized spacial score (nSPS) is 10.6. The molecule has 1 aromatic carbocycles. The van der Waals surface area contributed by atoms with Gasteiger partial charge in [0.25, 0.3) is 0 Å². The van der Waals surface area contributed by atoms with Crippen molar-refractivity contribution < 1.29 is 0 Å². The van der Waals surface area contributed by atoms with Gasteiger partial charge in [0.2, 0.25) is 5.28 Å². The van der Waals surface area contributed by atoms with Crippen LogP contribution in [0, 0.1) is 6.92 Å². The van der Waals surface area contributed by atoms with Crippen molar-refractivity contribution in [3.05, 3.63) is 38.2 Å². The van der Waals surface area contributed by atoms with Crippen molar-refractivity contribution in [1.29, 1.82) is 0 Å². The molecule has 4 nitrogen and oxygen atoms in total. The van der Waals surface area contributed by atoms with E-state index in [4.69, 9.17) is 52.1 Å². The Bertz CT molecular complexity index is 645. The Kier molecular flexibility index (Phi) is 4.26. The molecule has 19 heavy (non-hydrogen) atoms. The first kappa shape index (κ1) is 14.5. The summed E-state index contributed by atoms with van der Waals surface area (Å²) in [5.41, 5.74) is 7.34. The van der Waals surface area contributed by atoms with Gasteiger partial charge in [0.1, 0.15) is 0 Å². The molecule has 2 rings (SSSR count). The molecule has 8 heteroatoms. The van der Waals surface area contributed by atoms with Gasteiger partial charge < -0.3 is 11.1 Å². The Morgan fingerprint density at radius 3 is 2.32 bits per heavy atom. The summed E-state index contributed by atoms with van der Waals surface area (Å²) in [6, 6.07) is 3.11. The van der Waals surface area contributed by atoms with E-state index in [-0.39, 0.29) is 5.28 Å². The van der Waals surface area contributed by atoms with E-state index >= 15 is 0 Å². The number of nitrogens with two attached hydrogens (primary N) is 1. The maximum Gasteiger partial charge on any atom is 0.224 e. The van der Waals surface area contributed by atoms with Gasteiger partial charge >= 0.3 is 0 Å². The smallest absolute Gasteiger partial charge is 0.224 e. The number of rotatable bonds is 2. The molecule has 0 saturated carbocycles. The van der Waals surface area contributed by atoms with Crippen LogP contribution < -0.4 is 11.1 Å². The number of halogens is 4. The Labute approximate surface area is 129 Å². The SMILES string of the molecule is Cc1nc(Cl)nc(Nc2cc(Cl)c(Cl)cc2Cl)c1N. The van der Waals surface area contributed by atoms with E-state index in [9.17, 15) is 0 Å². The van der Waals surface area contributed by atoms with E-state index in [1.54, 1.807) is 13.0 Å². The molecule has 0 aliphatic heterocycles. The standard InChI is InChI=1S/C11H8Cl4N4/c1-4-9(16)10(19-11(15)17-4)18-8-3-6(13)5(12)2-7(8)14/h2-3H,16H2,1H3,(H,17,18,19). The fourth-order valence-corrected chi connectivity index (χ4v) is 2.19. The average Bonchev–Trinajstić information content (AvgIpc) is 2.32. The van der Waals surface area contributed by atoms with Crippen molar-refractivity contribution in [2.45, 2.75) is 6.92 Å². The van der Waals surface area contributed by atoms with E-state index in [2.05, 4.69) is 15.3 Å². The Morgan fingerprint density at radius 2 is 1.63 bits per heavy atom. The molecule has 0 aliphatic rings. The van der Waals surface area contributed by atoms with Crippen LogP contribution in [0.15, 0.2) is 12.1 Å². The number of benzene rings is 1. The number of hydrogen-bond donors (Lipinski definition) is 2. The van der Waals surface area contributed by atoms with E-state index in [0.717, 1.165) is 0 Å². The maximum absolute atomic E-state index is 6.06. The van der Waals surface area contributed by atoms with E-state index in [1.807, 2.05) is 0 Å². The first-order valence-electron chi connectivity index (χ1n) is 5.09. The fraction of sp³-hybridized carbons (Fsp3) is 0.0909. The van der Waals surface area contributed by atoms with Crippen LogP contribution in [0.3, 0.4) is 0 Å². The van der Waals surface area contributed by atoms with E-state index in [0.29, 0.717) is 38.0 Å². The molecule has 0 amide bonds. The van der Waals surface area contributed by atoms with Gasteiger partial charge in [-0.05, 0) is 30.7 Å². The molecular weight excluding hydrogens is 330 g/mol. The third-order valence-electron chi connectivity index (χ3n) is 2.37. The van der Waals surface area contributed by atoms with Crippen molar-refractivity contribution in [2.75, 3.05) is 11.1 Å². The predicted molar refractivity (Wildman–Crippen MR) is 80.9 cm³/mol. The van der Waals surface area contributed by atoms with Crippen molar-refractivity contribution in [3.63, 3.8) is 0 Å². The highest BCUT2D eigenvalue weighted by molar-refractivity contribution is 6.44. The molecule has 0 bridgehead atoms. The summed E-state index contributed by atoms with van der Waals surface area (Å²) in [5.74, 6) is 0.359. The number of hydrogen-bond acceptors (Lipinski definition) is 4. The van der Waals surface area contributed by atoms with Crippen LogP contribution in [-0.2, 0) is 0 Å². The van der Waals surface area contributed by atoms with Gasteiger partial charge in [0.15, 0.2) is 5.82 Å². The van der Waals surface area contributed by atoms with Gasteiger partial charge in [-0.25, -0.2) is 4.98 Å². The zero-order valence-electron chi connectivity index (χ0n) is 9.64. The lowest BCUT2D eigenvalue weighted by Crippen LogP contribution is -2.04. The molecule has 0 atom stereocenters. The molecule has 0 fully saturated rings. The zero-order valence-corrected chi connectivity index (χ0v) is 12.7. The van der Waals surface area contributed by atoms with Crippen molar-refractivity contribution in [1.82, 2.24) is 9.97 Å². The summed E-state index contributed by atoms with van der Waals surface area (Å²) < 4.78 is 0. The number of anilines is 3. The number of aryl methyl sites for hydroxylation is 1. The first-order valence-corrected chi connectivity index (χ1v) is 6.61. The van der Waals surface area contributed by atoms with Gasteiger partial charge in [0.05, 0.1) is 32.1 Å². The summed E-state index contributed by atoms with van der Waals surface area (Å²) >= 11 is 23.6. The maximum atomic E-state index is 6.06. The second kappa shape index (κ2) is 5.59. The highest BCUT2D eigenvalue weighted by atomic mass is 35.5. The number of nitrogens with zero attached hydrogens (tertiary/aromatic N) is 2. The van der Waals surface area contributed by atoms with Crippen LogP contribution in [0.1, 0.15) is 5.69 Å². The third kappa shape index (κ3) is 3.15. The van der Waals surface area contributed by atoms with Crippen molar-refractivity contribution in [2.24, 2.45) is 0 Å². The van der Waals surface area contributed by atoms with Gasteiger partial charge in [-0.15, -0.1) is 0 Å². The predicted octanol–water partition coefficient (Wildman–Crippen LogP) is 4.72. The van der Waals surface area contributed by atoms with Crippen molar-refractivity contribution in [3.8, 4) is 0 Å². The average molecular weight is 338 g/mol. The van der Waals surface area contributed by atoms with Crippen LogP contribution >= 0.6 is 46.4 Å². The molecule has 100 valence electrons. The summed E-state index contributed by atoms with van der Waals surface area (Å²) in [7, 11) is 0. The Morgan fingerprint density at radius 1 is 1.00 bits per heavy atom. The molecule has 0 saturated heterocycles. The van der Waals surface area contributed by atoms with Crippen LogP contribution in [0.4, 0.5) is 17.2 Å². The zero-order chi connectivity index (χ0) is 14.2. The molecule has 2 aromatic rings. The summed E-state index contributed by atoms with van der Waals surface area (Å²) in [5, 5.41) is 4.16. The molecular formula is C11H8Cl4N4. The quantitative estimate of drug-likeness (QED) is 0.614. The number of nitrogens with one attached hydrogen (secondary N) is 1. The summed E-state index contributed by atoms with van der Waals surface area (Å²) in [6.45, 7) is 1.73. The highest BCUT2D eigenvalue weighted by Gasteiger charge is 2.11. The molecule has 0 radical (unpaired) electrons. The fourth-order valence-electron chi connectivity index (χ4n) is 1.39. The monoisotopic (exact) mass is 336 g/mol. The first-order chi connectivity index (χ1) is 8.88. The second-order valence-corrected chi connectivity index (χ2v) is 5.27. The Hall–Kier alpha value is -0.940. The second-order valence-electron chi connectivity index (χ2n) is 3.71. The summed E-state index contributed by atoms with van der Waals surface area (Å²) in [6.07, 6.45) is 0. The number of nitrogen functional groups attached to an aromatic ring is 1. The minimum Gasteiger partial charge on any atom is -0.394 e. The van der Waals surface area contributed by atoms with E-state index in [1.165, 1.54) is 6.07 Å². The lowest BCUT2D eigenvalue weighted by atomic mass is 10.3. The van der Waals surface area contributed by atoms with Gasteiger partial charge in [-0.2, -0.15) is 4.98 Å². The van der Waals surface area contributed by atoms with Crippen LogP contribution in [0.25, 0.3) is 0 Å². The van der Waals surface area contributed by atoms with Gasteiger partial charge in [0, 0.05) is 0 Å². The van der Waals surface area contributed by atoms with Crippen LogP contribution in [0.2, 0.25) is 20.4 Å². The third-order valence-corrected chi connectivity index (χ3v) is 3.58. The minimum atomic E-state index is 0.0883. The highest BCUT2D eigenvalue weighted by Crippen LogP contribution is 2.35. The molecule has 0 unspecified atom stereocenters. The number of aromatic nitrogens is 2. The molecule has 0 spiro atoms. The van der Waals surface area contributed by atoms with Crippen LogP contribution in [-0.4, -0.2) is 9.97 Å².